The van der Waals surface area contributed by atoms with E-state index in [2.05, 4.69) is 26.0 Å². The second-order valence-corrected chi connectivity index (χ2v) is 19.3. The van der Waals surface area contributed by atoms with Gasteiger partial charge in [-0.15, -0.1) is 0 Å². The predicted octanol–water partition coefficient (Wildman–Crippen LogP) is 1.76. The Labute approximate surface area is 415 Å². The average Bonchev–Trinajstić information content (AvgIpc) is 3.79. The zero-order chi connectivity index (χ0) is 52.8. The van der Waals surface area contributed by atoms with Gasteiger partial charge in [-0.25, -0.2) is 4.79 Å². The molecular formula is C50H84N8O12. The Balaban J connectivity index is 2.20. The molecule has 0 radical (unpaired) electrons. The lowest BCUT2D eigenvalue weighted by molar-refractivity contribution is -0.148. The minimum atomic E-state index is -1.15. The molecule has 0 bridgehead atoms. The van der Waals surface area contributed by atoms with E-state index >= 15 is 0 Å². The number of hydrogen-bond acceptors (Lipinski definition) is 14. The summed E-state index contributed by atoms with van der Waals surface area (Å²) in [4.78, 5) is 110. The van der Waals surface area contributed by atoms with Gasteiger partial charge in [0.25, 0.3) is 6.47 Å². The van der Waals surface area contributed by atoms with Crippen LogP contribution in [0.25, 0.3) is 0 Å². The minimum Gasteiger partial charge on any atom is -0.464 e. The molecule has 1 aromatic carbocycles. The SMILES string of the molecule is CC[C@H](C)[C@@H]([C@@H](CC(=O)N1CCC[C@H]1[C@H](OC)[C@@H](C)C(=O)N[C@@H](Cc1ccccc1)C(=O)NCCCOC(=O)[C@H](C)NC(=O)CC(N)OC=O)OC)N(C)C(=O)[C@@H](NC(=O)[C@H](C(C)C)N(C)C)C(C)C. The highest BCUT2D eigenvalue weighted by Gasteiger charge is 2.43. The van der Waals surface area contributed by atoms with E-state index in [0.29, 0.717) is 25.8 Å². The molecule has 396 valence electrons. The van der Waals surface area contributed by atoms with E-state index in [0.717, 1.165) is 5.56 Å². The number of methoxy groups -OCH3 is 2. The Morgan fingerprint density at radius 3 is 2.07 bits per heavy atom. The third kappa shape index (κ3) is 18.5. The molecule has 1 heterocycles. The number of carbonyl (C=O) groups is 8. The summed E-state index contributed by atoms with van der Waals surface area (Å²) < 4.78 is 21.8. The Morgan fingerprint density at radius 1 is 0.857 bits per heavy atom. The maximum Gasteiger partial charge on any atom is 0.328 e. The Bertz CT molecular complexity index is 1830. The highest BCUT2D eigenvalue weighted by Crippen LogP contribution is 2.30. The molecule has 1 aliphatic heterocycles. The number of nitrogens with one attached hydrogen (secondary N) is 4. The molecule has 1 fully saturated rings. The summed E-state index contributed by atoms with van der Waals surface area (Å²) in [6.45, 7) is 15.5. The van der Waals surface area contributed by atoms with Crippen LogP contribution in [0.2, 0.25) is 0 Å². The highest BCUT2D eigenvalue weighted by molar-refractivity contribution is 5.91. The summed E-state index contributed by atoms with van der Waals surface area (Å²) in [5, 5.41) is 11.2. The second-order valence-electron chi connectivity index (χ2n) is 19.3. The fourth-order valence-electron chi connectivity index (χ4n) is 9.14. The Kier molecular flexibility index (Phi) is 26.6. The van der Waals surface area contributed by atoms with E-state index in [-0.39, 0.29) is 80.8 Å². The van der Waals surface area contributed by atoms with Crippen molar-refractivity contribution >= 4 is 47.9 Å². The highest BCUT2D eigenvalue weighted by atomic mass is 16.5. The number of nitrogens with zero attached hydrogens (tertiary/aromatic N) is 3. The van der Waals surface area contributed by atoms with Crippen molar-refractivity contribution in [1.29, 1.82) is 0 Å². The first-order valence-corrected chi connectivity index (χ1v) is 24.6. The molecule has 0 spiro atoms. The van der Waals surface area contributed by atoms with Gasteiger partial charge in [-0.05, 0) is 63.6 Å². The van der Waals surface area contributed by atoms with E-state index < -0.39 is 84.3 Å². The lowest BCUT2D eigenvalue weighted by atomic mass is 9.89. The molecule has 0 aromatic heterocycles. The van der Waals surface area contributed by atoms with Crippen molar-refractivity contribution in [2.24, 2.45) is 29.4 Å². The van der Waals surface area contributed by atoms with E-state index in [1.54, 1.807) is 23.8 Å². The van der Waals surface area contributed by atoms with Gasteiger partial charge in [0, 0.05) is 40.8 Å². The van der Waals surface area contributed by atoms with Gasteiger partial charge >= 0.3 is 5.97 Å². The van der Waals surface area contributed by atoms with Crippen molar-refractivity contribution in [2.75, 3.05) is 55.1 Å². The molecule has 70 heavy (non-hydrogen) atoms. The monoisotopic (exact) mass is 989 g/mol. The molecule has 1 saturated heterocycles. The van der Waals surface area contributed by atoms with Gasteiger partial charge in [-0.3, -0.25) is 44.2 Å². The maximum atomic E-state index is 14.4. The number of benzene rings is 1. The number of likely N-dealkylation sites (N-methyl/N-ethyl adjacent to an activating group) is 2. The third-order valence-electron chi connectivity index (χ3n) is 13.1. The zero-order valence-corrected chi connectivity index (χ0v) is 43.9. The molecular weight excluding hydrogens is 905 g/mol. The zero-order valence-electron chi connectivity index (χ0n) is 43.9. The van der Waals surface area contributed by atoms with E-state index in [1.165, 1.54) is 21.1 Å². The second kappa shape index (κ2) is 30.5. The van der Waals surface area contributed by atoms with Gasteiger partial charge in [0.2, 0.25) is 35.4 Å². The van der Waals surface area contributed by atoms with Crippen molar-refractivity contribution in [3.63, 3.8) is 0 Å². The van der Waals surface area contributed by atoms with Crippen LogP contribution in [0.5, 0.6) is 0 Å². The lowest BCUT2D eigenvalue weighted by Crippen LogP contribution is -2.59. The van der Waals surface area contributed by atoms with E-state index in [1.807, 2.05) is 90.9 Å². The van der Waals surface area contributed by atoms with Crippen molar-refractivity contribution in [1.82, 2.24) is 36.0 Å². The third-order valence-corrected chi connectivity index (χ3v) is 13.1. The molecule has 20 nitrogen and oxygen atoms in total. The summed E-state index contributed by atoms with van der Waals surface area (Å²) in [6.07, 6.45) is -0.638. The van der Waals surface area contributed by atoms with Crippen molar-refractivity contribution in [3.8, 4) is 0 Å². The van der Waals surface area contributed by atoms with Crippen LogP contribution >= 0.6 is 0 Å². The van der Waals surface area contributed by atoms with Crippen LogP contribution in [0.3, 0.4) is 0 Å². The number of amides is 6. The largest absolute Gasteiger partial charge is 0.464 e. The van der Waals surface area contributed by atoms with Crippen LogP contribution in [0.15, 0.2) is 30.3 Å². The van der Waals surface area contributed by atoms with Crippen LogP contribution in [0.1, 0.15) is 99.5 Å². The van der Waals surface area contributed by atoms with Gasteiger partial charge in [-0.1, -0.05) is 85.2 Å². The van der Waals surface area contributed by atoms with Gasteiger partial charge in [0.15, 0.2) is 6.23 Å². The van der Waals surface area contributed by atoms with Gasteiger partial charge < -0.3 is 50.0 Å². The molecule has 6 amide bonds. The summed E-state index contributed by atoms with van der Waals surface area (Å²) in [5.41, 5.74) is 6.30. The van der Waals surface area contributed by atoms with Crippen LogP contribution < -0.4 is 27.0 Å². The minimum absolute atomic E-state index is 0.00962. The quantitative estimate of drug-likeness (QED) is 0.0308. The average molecular weight is 989 g/mol. The molecule has 0 aliphatic carbocycles. The smallest absolute Gasteiger partial charge is 0.328 e. The number of ether oxygens (including phenoxy) is 4. The first-order chi connectivity index (χ1) is 33.0. The summed E-state index contributed by atoms with van der Waals surface area (Å²) in [6, 6.07) is 4.97. The Morgan fingerprint density at radius 2 is 1.51 bits per heavy atom. The molecule has 0 saturated carbocycles. The van der Waals surface area contributed by atoms with Crippen molar-refractivity contribution in [3.05, 3.63) is 35.9 Å². The first kappa shape index (κ1) is 60.9. The molecule has 1 unspecified atom stereocenters. The first-order valence-electron chi connectivity index (χ1n) is 24.6. The number of nitrogens with two attached hydrogens (primary N) is 1. The standard InChI is InChI=1S/C50H84N8O12/c1-14-32(6)44(57(11)49(65)42(30(2)3)55-48(64)43(31(4)5)56(9)10)38(67-12)27-41(61)58-24-18-22-37(58)45(68-13)33(7)46(62)54-36(26-35-20-16-15-17-21-35)47(63)52-23-19-25-69-50(66)34(8)53-40(60)28-39(51)70-29-59/h15-17,20-21,29-34,36-39,42-45H,14,18-19,22-28,51H2,1-13H3,(H,52,63)(H,53,60)(H,54,62)(H,55,64)/t32-,33+,34-,36-,37-,38+,39?,42-,43-,44-,45+/m0/s1. The lowest BCUT2D eigenvalue weighted by Gasteiger charge is -2.41. The molecule has 20 heteroatoms. The fraction of sp³-hybridized carbons (Fsp3) is 0.720. The summed E-state index contributed by atoms with van der Waals surface area (Å²) in [7, 11) is 8.40. The van der Waals surface area contributed by atoms with Crippen LogP contribution in [0, 0.1) is 23.7 Å². The molecule has 1 aromatic rings. The number of rotatable bonds is 31. The van der Waals surface area contributed by atoms with Gasteiger partial charge in [0.05, 0.1) is 55.7 Å². The Hall–Kier alpha value is -5.18. The summed E-state index contributed by atoms with van der Waals surface area (Å²) in [5.74, 6) is -4.05. The van der Waals surface area contributed by atoms with Crippen LogP contribution in [0.4, 0.5) is 0 Å². The molecule has 6 N–H and O–H groups in total. The van der Waals surface area contributed by atoms with Crippen molar-refractivity contribution < 1.29 is 57.3 Å². The maximum absolute atomic E-state index is 14.4. The van der Waals surface area contributed by atoms with Crippen LogP contribution in [-0.2, 0) is 63.7 Å². The van der Waals surface area contributed by atoms with Crippen LogP contribution in [-0.4, -0.2) is 172 Å². The topological polar surface area (TPSA) is 257 Å². The molecule has 1 aliphatic rings. The van der Waals surface area contributed by atoms with Gasteiger partial charge in [0.1, 0.15) is 18.1 Å². The fourth-order valence-corrected chi connectivity index (χ4v) is 9.14. The molecule has 2 rings (SSSR count). The number of likely N-dealkylation sites (tertiary alicyclic amines) is 1. The van der Waals surface area contributed by atoms with E-state index in [4.69, 9.17) is 19.9 Å². The normalized spacial score (nSPS) is 18.0. The number of hydrogen-bond donors (Lipinski definition) is 5. The summed E-state index contributed by atoms with van der Waals surface area (Å²) >= 11 is 0. The number of carbonyl (C=O) groups excluding carboxylic acids is 8. The van der Waals surface area contributed by atoms with Crippen molar-refractivity contribution in [2.45, 2.75) is 155 Å². The predicted molar refractivity (Wildman–Crippen MR) is 263 cm³/mol. The molecule has 11 atom stereocenters. The van der Waals surface area contributed by atoms with E-state index in [9.17, 15) is 38.4 Å². The van der Waals surface area contributed by atoms with Gasteiger partial charge in [-0.2, -0.15) is 0 Å². The number of esters is 1.